The molecule has 0 aliphatic rings. The molecule has 1 unspecified atom stereocenters. The van der Waals surface area contributed by atoms with Crippen LogP contribution in [-0.4, -0.2) is 11.9 Å². The van der Waals surface area contributed by atoms with Gasteiger partial charge in [-0.2, -0.15) is 0 Å². The Morgan fingerprint density at radius 3 is 2.80 bits per heavy atom. The first-order valence-electron chi connectivity index (χ1n) is 3.44. The Bertz CT molecular complexity index is 147. The van der Waals surface area contributed by atoms with Crippen LogP contribution in [0.3, 0.4) is 0 Å². The number of nitrogens with zero attached hydrogens (tertiary/aromatic N) is 1. The molecule has 0 aromatic rings. The van der Waals surface area contributed by atoms with Crippen molar-refractivity contribution in [1.29, 1.82) is 5.41 Å². The number of nitrogens with one attached hydrogen (secondary N) is 1. The van der Waals surface area contributed by atoms with E-state index in [0.29, 0.717) is 11.6 Å². The summed E-state index contributed by atoms with van der Waals surface area (Å²) in [7, 11) is 0. The van der Waals surface area contributed by atoms with Gasteiger partial charge in [0.1, 0.15) is 0 Å². The maximum absolute atomic E-state index is 7.40. The largest absolute Gasteiger partial charge is 0.303 e. The molecule has 2 nitrogen and oxygen atoms in total. The lowest BCUT2D eigenvalue weighted by Crippen LogP contribution is -2.09. The monoisotopic (exact) mass is 138 g/mol. The molecule has 0 saturated carbocycles. The van der Waals surface area contributed by atoms with Gasteiger partial charge in [-0.25, -0.2) is 0 Å². The number of hydrogen-bond acceptors (Lipinski definition) is 2. The zero-order valence-corrected chi connectivity index (χ0v) is 6.59. The molecule has 1 N–H and O–H groups in total. The van der Waals surface area contributed by atoms with Crippen molar-refractivity contribution in [2.45, 2.75) is 20.3 Å². The second kappa shape index (κ2) is 4.91. The molecule has 0 spiro atoms. The van der Waals surface area contributed by atoms with Crippen LogP contribution in [-0.2, 0) is 0 Å². The molecule has 0 bridgehead atoms. The smallest absolute Gasteiger partial charge is 0.0524 e. The summed E-state index contributed by atoms with van der Waals surface area (Å²) >= 11 is 0. The topological polar surface area (TPSA) is 36.2 Å². The Kier molecular flexibility index (Phi) is 4.46. The molecule has 56 valence electrons. The number of aliphatic imine (C=N–C) groups is 1. The lowest BCUT2D eigenvalue weighted by molar-refractivity contribution is 0.743. The third-order valence-electron chi connectivity index (χ3n) is 1.46. The molecule has 0 rings (SSSR count). The molecule has 0 aliphatic carbocycles. The van der Waals surface area contributed by atoms with Crippen molar-refractivity contribution in [1.82, 2.24) is 0 Å². The third kappa shape index (κ3) is 3.17. The van der Waals surface area contributed by atoms with Crippen LogP contribution in [0.2, 0.25) is 0 Å². The molecular weight excluding hydrogens is 124 g/mol. The second-order valence-corrected chi connectivity index (χ2v) is 2.23. The van der Waals surface area contributed by atoms with Crippen molar-refractivity contribution in [3.05, 3.63) is 12.8 Å². The minimum absolute atomic E-state index is 0.309. The Morgan fingerprint density at radius 1 is 1.80 bits per heavy atom. The molecule has 0 aromatic carbocycles. The number of rotatable bonds is 4. The van der Waals surface area contributed by atoms with Crippen LogP contribution in [0.4, 0.5) is 0 Å². The summed E-state index contributed by atoms with van der Waals surface area (Å²) in [5.41, 5.74) is 0.572. The first-order valence-corrected chi connectivity index (χ1v) is 3.44. The van der Waals surface area contributed by atoms with Crippen LogP contribution in [0, 0.1) is 11.3 Å². The molecule has 0 radical (unpaired) electrons. The fourth-order valence-corrected chi connectivity index (χ4v) is 0.480. The second-order valence-electron chi connectivity index (χ2n) is 2.23. The van der Waals surface area contributed by atoms with Gasteiger partial charge < -0.3 is 5.41 Å². The van der Waals surface area contributed by atoms with Gasteiger partial charge in [-0.05, 0) is 12.3 Å². The van der Waals surface area contributed by atoms with Crippen molar-refractivity contribution in [3.63, 3.8) is 0 Å². The molecule has 0 heterocycles. The van der Waals surface area contributed by atoms with Gasteiger partial charge in [0.15, 0.2) is 0 Å². The van der Waals surface area contributed by atoms with Gasteiger partial charge >= 0.3 is 0 Å². The lowest BCUT2D eigenvalue weighted by atomic mass is 10.0. The lowest BCUT2D eigenvalue weighted by Gasteiger charge is -2.03. The van der Waals surface area contributed by atoms with Gasteiger partial charge in [0.25, 0.3) is 0 Å². The van der Waals surface area contributed by atoms with E-state index in [1.165, 1.54) is 6.20 Å². The van der Waals surface area contributed by atoms with Crippen LogP contribution >= 0.6 is 0 Å². The molecule has 2 heteroatoms. The Labute approximate surface area is 62.2 Å². The van der Waals surface area contributed by atoms with Crippen molar-refractivity contribution >= 4 is 11.9 Å². The van der Waals surface area contributed by atoms with Crippen molar-refractivity contribution in [2.75, 3.05) is 0 Å². The zero-order valence-electron chi connectivity index (χ0n) is 6.59. The van der Waals surface area contributed by atoms with E-state index in [2.05, 4.69) is 18.5 Å². The van der Waals surface area contributed by atoms with Crippen molar-refractivity contribution in [2.24, 2.45) is 10.9 Å². The maximum Gasteiger partial charge on any atom is 0.0524 e. The highest BCUT2D eigenvalue weighted by Gasteiger charge is 2.01. The summed E-state index contributed by atoms with van der Waals surface area (Å²) in [6.07, 6.45) is 3.97. The quantitative estimate of drug-likeness (QED) is 0.578. The van der Waals surface area contributed by atoms with E-state index in [-0.39, 0.29) is 0 Å². The standard InChI is InChI=1S/C8H14N2/c1-4-7(3)8(9)6-10-5-2/h5-7,9H,2,4H2,1,3H3. The van der Waals surface area contributed by atoms with E-state index in [1.54, 1.807) is 6.21 Å². The SMILES string of the molecule is C=CN=CC(=N)C(C)CC. The Hall–Kier alpha value is -0.920. The van der Waals surface area contributed by atoms with Gasteiger partial charge in [0, 0.05) is 12.4 Å². The summed E-state index contributed by atoms with van der Waals surface area (Å²) in [6.45, 7) is 7.49. The van der Waals surface area contributed by atoms with Crippen LogP contribution in [0.5, 0.6) is 0 Å². The molecule has 0 aromatic heterocycles. The highest BCUT2D eigenvalue weighted by molar-refractivity contribution is 6.30. The molecule has 0 aliphatic heterocycles. The van der Waals surface area contributed by atoms with E-state index in [1.807, 2.05) is 6.92 Å². The van der Waals surface area contributed by atoms with Crippen LogP contribution in [0.25, 0.3) is 0 Å². The van der Waals surface area contributed by atoms with Gasteiger partial charge in [-0.15, -0.1) is 0 Å². The first-order chi connectivity index (χ1) is 4.72. The van der Waals surface area contributed by atoms with Gasteiger partial charge in [-0.3, -0.25) is 4.99 Å². The fourth-order valence-electron chi connectivity index (χ4n) is 0.480. The molecule has 0 fully saturated rings. The Morgan fingerprint density at radius 2 is 2.40 bits per heavy atom. The third-order valence-corrected chi connectivity index (χ3v) is 1.46. The van der Waals surface area contributed by atoms with E-state index < -0.39 is 0 Å². The van der Waals surface area contributed by atoms with Gasteiger partial charge in [0.05, 0.1) is 5.71 Å². The highest BCUT2D eigenvalue weighted by atomic mass is 14.7. The first kappa shape index (κ1) is 9.08. The van der Waals surface area contributed by atoms with Crippen molar-refractivity contribution < 1.29 is 0 Å². The van der Waals surface area contributed by atoms with Crippen molar-refractivity contribution in [3.8, 4) is 0 Å². The molecule has 0 amide bonds. The summed E-state index contributed by atoms with van der Waals surface area (Å²) < 4.78 is 0. The molecule has 10 heavy (non-hydrogen) atoms. The predicted octanol–water partition coefficient (Wildman–Crippen LogP) is 2.27. The normalized spacial score (nSPS) is 13.4. The van der Waals surface area contributed by atoms with Crippen LogP contribution in [0.15, 0.2) is 17.8 Å². The summed E-state index contributed by atoms with van der Waals surface area (Å²) in [4.78, 5) is 3.76. The Balaban J connectivity index is 3.83. The highest BCUT2D eigenvalue weighted by Crippen LogP contribution is 1.99. The predicted molar refractivity (Wildman–Crippen MR) is 45.9 cm³/mol. The minimum atomic E-state index is 0.309. The zero-order chi connectivity index (χ0) is 7.98. The molecule has 0 saturated heterocycles. The summed E-state index contributed by atoms with van der Waals surface area (Å²) in [5.74, 6) is 0.309. The van der Waals surface area contributed by atoms with Gasteiger partial charge in [-0.1, -0.05) is 20.4 Å². The van der Waals surface area contributed by atoms with Crippen LogP contribution in [0.1, 0.15) is 20.3 Å². The maximum atomic E-state index is 7.40. The fraction of sp³-hybridized carbons (Fsp3) is 0.500. The van der Waals surface area contributed by atoms with Gasteiger partial charge in [0.2, 0.25) is 0 Å². The van der Waals surface area contributed by atoms with E-state index in [0.717, 1.165) is 6.42 Å². The summed E-state index contributed by atoms with van der Waals surface area (Å²) in [6, 6.07) is 0. The van der Waals surface area contributed by atoms with Crippen LogP contribution < -0.4 is 0 Å². The minimum Gasteiger partial charge on any atom is -0.303 e. The average Bonchev–Trinajstić information content (AvgIpc) is 1.98. The average molecular weight is 138 g/mol. The van der Waals surface area contributed by atoms with E-state index in [4.69, 9.17) is 5.41 Å². The van der Waals surface area contributed by atoms with E-state index >= 15 is 0 Å². The molecule has 1 atom stereocenters. The number of hydrogen-bond donors (Lipinski definition) is 1. The summed E-state index contributed by atoms with van der Waals surface area (Å²) in [5, 5.41) is 7.40. The van der Waals surface area contributed by atoms with E-state index in [9.17, 15) is 0 Å². The molecular formula is C8H14N2.